The van der Waals surface area contributed by atoms with Crippen LogP contribution in [0.1, 0.15) is 111 Å². The van der Waals surface area contributed by atoms with Gasteiger partial charge >= 0.3 is 0 Å². The van der Waals surface area contributed by atoms with Gasteiger partial charge in [0.05, 0.1) is 0 Å². The average Bonchev–Trinajstić information content (AvgIpc) is 3.19. The van der Waals surface area contributed by atoms with Crippen molar-refractivity contribution in [2.24, 2.45) is 58.2 Å². The SMILES string of the molecule is CC(C)CCC[C@@H](C)[C@H]1CC[C@H]2[C@@H]3CC[C@H]4[C@H](Cc5ccc(Cl)cc5)C(=O)CC[C@]4(C)[C@H]3CC[C@]12C. The van der Waals surface area contributed by atoms with Crippen LogP contribution in [-0.4, -0.2) is 5.78 Å². The topological polar surface area (TPSA) is 17.1 Å². The molecule has 0 N–H and O–H groups in total. The van der Waals surface area contributed by atoms with E-state index in [4.69, 9.17) is 11.6 Å². The molecule has 0 spiro atoms. The molecular weight excluding hydrogens is 460 g/mol. The van der Waals surface area contributed by atoms with Crippen LogP contribution in [0.4, 0.5) is 0 Å². The van der Waals surface area contributed by atoms with Crippen molar-refractivity contribution in [3.8, 4) is 0 Å². The van der Waals surface area contributed by atoms with Gasteiger partial charge in [0.2, 0.25) is 0 Å². The van der Waals surface area contributed by atoms with Gasteiger partial charge in [-0.25, -0.2) is 0 Å². The summed E-state index contributed by atoms with van der Waals surface area (Å²) < 4.78 is 0. The largest absolute Gasteiger partial charge is 0.299 e. The molecule has 0 bridgehead atoms. The molecule has 2 heteroatoms. The highest BCUT2D eigenvalue weighted by Gasteiger charge is 2.61. The normalized spacial score (nSPS) is 41.0. The van der Waals surface area contributed by atoms with Crippen molar-refractivity contribution >= 4 is 17.4 Å². The van der Waals surface area contributed by atoms with Gasteiger partial charge in [-0.05, 0) is 121 Å². The molecule has 4 fully saturated rings. The third kappa shape index (κ3) is 4.74. The van der Waals surface area contributed by atoms with Crippen LogP contribution in [0.2, 0.25) is 5.02 Å². The Morgan fingerprint density at radius 2 is 1.56 bits per heavy atom. The van der Waals surface area contributed by atoms with Gasteiger partial charge in [0, 0.05) is 17.4 Å². The van der Waals surface area contributed by atoms with Crippen LogP contribution in [0, 0.1) is 58.2 Å². The molecule has 1 nitrogen and oxygen atoms in total. The minimum Gasteiger partial charge on any atom is -0.299 e. The minimum absolute atomic E-state index is 0.205. The molecule has 0 amide bonds. The van der Waals surface area contributed by atoms with E-state index in [-0.39, 0.29) is 5.92 Å². The van der Waals surface area contributed by atoms with Gasteiger partial charge in [-0.15, -0.1) is 0 Å². The zero-order chi connectivity index (χ0) is 25.7. The van der Waals surface area contributed by atoms with E-state index < -0.39 is 0 Å². The van der Waals surface area contributed by atoms with Crippen molar-refractivity contribution in [2.75, 3.05) is 0 Å². The van der Waals surface area contributed by atoms with E-state index in [1.807, 2.05) is 12.1 Å². The first-order valence-corrected chi connectivity index (χ1v) is 15.8. The molecule has 0 aliphatic heterocycles. The summed E-state index contributed by atoms with van der Waals surface area (Å²) in [7, 11) is 0. The zero-order valence-corrected chi connectivity index (χ0v) is 24.5. The highest BCUT2D eigenvalue weighted by atomic mass is 35.5. The standard InChI is InChI=1S/C34H51ClO/c1-22(2)7-6-8-23(3)28-15-16-29-26-13-14-30-27(21-24-9-11-25(35)12-10-24)32(36)18-20-34(30,5)31(26)17-19-33(28,29)4/h9-12,22-23,26-31H,6-8,13-21H2,1-5H3/t23-,26+,27+,28-,29+,30+,31+,33-,34+/m1/s1. The van der Waals surface area contributed by atoms with Crippen LogP contribution in [-0.2, 0) is 11.2 Å². The summed E-state index contributed by atoms with van der Waals surface area (Å²) in [6.07, 6.45) is 15.4. The number of carbonyl (C=O) groups excluding carboxylic acids is 1. The van der Waals surface area contributed by atoms with Gasteiger partial charge in [-0.1, -0.05) is 77.6 Å². The summed E-state index contributed by atoms with van der Waals surface area (Å²) >= 11 is 6.15. The predicted molar refractivity (Wildman–Crippen MR) is 152 cm³/mol. The van der Waals surface area contributed by atoms with Crippen LogP contribution in [0.3, 0.4) is 0 Å². The first kappa shape index (κ1) is 26.8. The number of hydrogen-bond acceptors (Lipinski definition) is 1. The van der Waals surface area contributed by atoms with Gasteiger partial charge in [-0.2, -0.15) is 0 Å². The van der Waals surface area contributed by atoms with Crippen LogP contribution >= 0.6 is 11.6 Å². The molecule has 4 aliphatic rings. The minimum atomic E-state index is 0.205. The van der Waals surface area contributed by atoms with Crippen LogP contribution in [0.5, 0.6) is 0 Å². The highest BCUT2D eigenvalue weighted by molar-refractivity contribution is 6.30. The Balaban J connectivity index is 1.31. The number of Topliss-reactive ketones (excluding diaryl/α,β-unsaturated/α-hetero) is 1. The molecule has 36 heavy (non-hydrogen) atoms. The molecule has 4 aliphatic carbocycles. The second kappa shape index (κ2) is 10.4. The van der Waals surface area contributed by atoms with E-state index in [9.17, 15) is 4.79 Å². The van der Waals surface area contributed by atoms with E-state index in [0.717, 1.165) is 59.8 Å². The lowest BCUT2D eigenvalue weighted by Crippen LogP contribution is -2.56. The van der Waals surface area contributed by atoms with Gasteiger partial charge < -0.3 is 0 Å². The van der Waals surface area contributed by atoms with Gasteiger partial charge in [0.15, 0.2) is 0 Å². The van der Waals surface area contributed by atoms with E-state index in [0.29, 0.717) is 22.5 Å². The molecule has 0 aromatic heterocycles. The highest BCUT2D eigenvalue weighted by Crippen LogP contribution is 2.68. The zero-order valence-electron chi connectivity index (χ0n) is 23.7. The summed E-state index contributed by atoms with van der Waals surface area (Å²) in [4.78, 5) is 13.3. The molecule has 0 saturated heterocycles. The third-order valence-electron chi connectivity index (χ3n) is 12.3. The fourth-order valence-electron chi connectivity index (χ4n) is 10.5. The maximum Gasteiger partial charge on any atom is 0.136 e. The molecule has 0 radical (unpaired) electrons. The van der Waals surface area contributed by atoms with Gasteiger partial charge in [-0.3, -0.25) is 4.79 Å². The summed E-state index contributed by atoms with van der Waals surface area (Å²) in [6, 6.07) is 8.26. The molecule has 200 valence electrons. The summed E-state index contributed by atoms with van der Waals surface area (Å²) in [5.74, 6) is 6.56. The first-order valence-electron chi connectivity index (χ1n) is 15.4. The number of fused-ring (bicyclic) bond motifs is 5. The lowest BCUT2D eigenvalue weighted by atomic mass is 9.43. The third-order valence-corrected chi connectivity index (χ3v) is 12.6. The summed E-state index contributed by atoms with van der Waals surface area (Å²) in [5, 5.41) is 0.786. The lowest BCUT2D eigenvalue weighted by Gasteiger charge is -2.62. The number of hydrogen-bond donors (Lipinski definition) is 0. The quantitative estimate of drug-likeness (QED) is 0.356. The maximum absolute atomic E-state index is 13.3. The van der Waals surface area contributed by atoms with Crippen molar-refractivity contribution in [1.82, 2.24) is 0 Å². The van der Waals surface area contributed by atoms with Crippen molar-refractivity contribution in [1.29, 1.82) is 0 Å². The number of carbonyl (C=O) groups is 1. The fourth-order valence-corrected chi connectivity index (χ4v) is 10.6. The Morgan fingerprint density at radius 1 is 0.861 bits per heavy atom. The number of rotatable bonds is 7. The molecule has 1 aromatic carbocycles. The Hall–Kier alpha value is -0.820. The molecule has 0 heterocycles. The lowest BCUT2D eigenvalue weighted by molar-refractivity contribution is -0.152. The second-order valence-electron chi connectivity index (χ2n) is 14.5. The monoisotopic (exact) mass is 510 g/mol. The molecule has 5 rings (SSSR count). The Morgan fingerprint density at radius 3 is 2.28 bits per heavy atom. The van der Waals surface area contributed by atoms with Crippen molar-refractivity contribution in [3.05, 3.63) is 34.9 Å². The second-order valence-corrected chi connectivity index (χ2v) is 14.9. The average molecular weight is 511 g/mol. The van der Waals surface area contributed by atoms with E-state index in [1.165, 1.54) is 63.4 Å². The van der Waals surface area contributed by atoms with E-state index >= 15 is 0 Å². The van der Waals surface area contributed by atoms with Gasteiger partial charge in [0.25, 0.3) is 0 Å². The Bertz CT molecular complexity index is 920. The van der Waals surface area contributed by atoms with Crippen LogP contribution in [0.25, 0.3) is 0 Å². The van der Waals surface area contributed by atoms with Crippen molar-refractivity contribution in [2.45, 2.75) is 112 Å². The smallest absolute Gasteiger partial charge is 0.136 e. The van der Waals surface area contributed by atoms with Crippen LogP contribution in [0.15, 0.2) is 24.3 Å². The Kier molecular flexibility index (Phi) is 7.73. The first-order chi connectivity index (χ1) is 17.1. The summed E-state index contributed by atoms with van der Waals surface area (Å²) in [5.41, 5.74) is 2.18. The number of benzene rings is 1. The molecule has 1 aromatic rings. The van der Waals surface area contributed by atoms with Crippen molar-refractivity contribution < 1.29 is 4.79 Å². The molecular formula is C34H51ClO. The predicted octanol–water partition coefficient (Wildman–Crippen LogP) is 9.80. The summed E-state index contributed by atoms with van der Waals surface area (Å²) in [6.45, 7) is 12.6. The molecule has 0 unspecified atom stereocenters. The van der Waals surface area contributed by atoms with Gasteiger partial charge in [0.1, 0.15) is 5.78 Å². The molecule has 4 saturated carbocycles. The van der Waals surface area contributed by atoms with Crippen LogP contribution < -0.4 is 0 Å². The number of ketones is 1. The van der Waals surface area contributed by atoms with E-state index in [1.54, 1.807) is 0 Å². The fraction of sp³-hybridized carbons (Fsp3) is 0.794. The molecule has 9 atom stereocenters. The Labute approximate surface area is 226 Å². The number of halogens is 1. The van der Waals surface area contributed by atoms with Crippen molar-refractivity contribution in [3.63, 3.8) is 0 Å². The van der Waals surface area contributed by atoms with E-state index in [2.05, 4.69) is 46.8 Å². The maximum atomic E-state index is 13.3.